The minimum atomic E-state index is -0.321. The van der Waals surface area contributed by atoms with E-state index in [0.717, 1.165) is 4.47 Å². The van der Waals surface area contributed by atoms with Crippen LogP contribution >= 0.6 is 15.9 Å². The second-order valence-electron chi connectivity index (χ2n) is 3.70. The summed E-state index contributed by atoms with van der Waals surface area (Å²) in [6, 6.07) is 5.99. The number of aromatic nitrogens is 2. The molecular weight excluding hydrogens is 299 g/mol. The molecule has 1 aromatic heterocycles. The summed E-state index contributed by atoms with van der Waals surface area (Å²) >= 11 is 3.34. The van der Waals surface area contributed by atoms with E-state index in [9.17, 15) is 4.39 Å². The Bertz CT molecular complexity index is 574. The van der Waals surface area contributed by atoms with Gasteiger partial charge in [0.25, 0.3) is 0 Å². The van der Waals surface area contributed by atoms with Crippen LogP contribution in [0, 0.1) is 5.82 Å². The van der Waals surface area contributed by atoms with Gasteiger partial charge in [0.15, 0.2) is 0 Å². The van der Waals surface area contributed by atoms with E-state index in [0.29, 0.717) is 29.6 Å². The fourth-order valence-electron chi connectivity index (χ4n) is 1.47. The highest BCUT2D eigenvalue weighted by Gasteiger charge is 2.05. The van der Waals surface area contributed by atoms with Gasteiger partial charge in [-0.3, -0.25) is 0 Å². The molecule has 0 saturated carbocycles. The van der Waals surface area contributed by atoms with Crippen LogP contribution in [0.3, 0.4) is 0 Å². The van der Waals surface area contributed by atoms with Crippen molar-refractivity contribution in [1.82, 2.24) is 9.97 Å². The fourth-order valence-corrected chi connectivity index (χ4v) is 1.82. The van der Waals surface area contributed by atoms with Crippen LogP contribution in [-0.4, -0.2) is 9.97 Å². The molecule has 2 rings (SSSR count). The second kappa shape index (κ2) is 5.30. The van der Waals surface area contributed by atoms with Crippen molar-refractivity contribution in [2.45, 2.75) is 13.3 Å². The van der Waals surface area contributed by atoms with Crippen LogP contribution in [0.25, 0.3) is 0 Å². The standard InChI is InChI=1S/C12H12BrFN4/c1-2-11-17-10(15)6-12(18-11)16-9-5-7(14)3-4-8(9)13/h3-6H,2H2,1H3,(H3,15,16,17,18). The van der Waals surface area contributed by atoms with Crippen LogP contribution in [0.5, 0.6) is 0 Å². The van der Waals surface area contributed by atoms with Crippen molar-refractivity contribution in [3.8, 4) is 0 Å². The molecule has 0 atom stereocenters. The molecule has 1 aromatic carbocycles. The van der Waals surface area contributed by atoms with Gasteiger partial charge in [0, 0.05) is 17.0 Å². The van der Waals surface area contributed by atoms with Gasteiger partial charge in [-0.1, -0.05) is 6.92 Å². The third-order valence-corrected chi connectivity index (χ3v) is 2.99. The highest BCUT2D eigenvalue weighted by atomic mass is 79.9. The smallest absolute Gasteiger partial charge is 0.136 e. The van der Waals surface area contributed by atoms with E-state index in [2.05, 4.69) is 31.2 Å². The minimum absolute atomic E-state index is 0.321. The van der Waals surface area contributed by atoms with E-state index < -0.39 is 0 Å². The van der Waals surface area contributed by atoms with Gasteiger partial charge in [0.05, 0.1) is 5.69 Å². The van der Waals surface area contributed by atoms with Gasteiger partial charge >= 0.3 is 0 Å². The average molecular weight is 311 g/mol. The zero-order chi connectivity index (χ0) is 13.1. The molecule has 0 unspecified atom stereocenters. The summed E-state index contributed by atoms with van der Waals surface area (Å²) in [5.74, 6) is 1.26. The Morgan fingerprint density at radius 2 is 2.11 bits per heavy atom. The van der Waals surface area contributed by atoms with Crippen LogP contribution in [0.2, 0.25) is 0 Å². The van der Waals surface area contributed by atoms with Gasteiger partial charge in [-0.25, -0.2) is 14.4 Å². The van der Waals surface area contributed by atoms with Crippen molar-refractivity contribution < 1.29 is 4.39 Å². The zero-order valence-electron chi connectivity index (χ0n) is 9.74. The lowest BCUT2D eigenvalue weighted by Gasteiger charge is -2.09. The summed E-state index contributed by atoms with van der Waals surface area (Å²) in [4.78, 5) is 8.35. The third kappa shape index (κ3) is 2.95. The lowest BCUT2D eigenvalue weighted by Crippen LogP contribution is -2.03. The molecule has 0 fully saturated rings. The Balaban J connectivity index is 2.33. The van der Waals surface area contributed by atoms with Crippen LogP contribution < -0.4 is 11.1 Å². The quantitative estimate of drug-likeness (QED) is 0.913. The second-order valence-corrected chi connectivity index (χ2v) is 4.55. The molecule has 2 aromatic rings. The number of hydrogen-bond acceptors (Lipinski definition) is 4. The first kappa shape index (κ1) is 12.8. The fraction of sp³-hybridized carbons (Fsp3) is 0.167. The van der Waals surface area contributed by atoms with Gasteiger partial charge in [0.2, 0.25) is 0 Å². The predicted molar refractivity (Wildman–Crippen MR) is 73.2 cm³/mol. The number of nitrogens with two attached hydrogens (primary N) is 1. The van der Waals surface area contributed by atoms with Gasteiger partial charge in [0.1, 0.15) is 23.3 Å². The maximum atomic E-state index is 13.2. The lowest BCUT2D eigenvalue weighted by molar-refractivity contribution is 0.628. The number of hydrogen-bond donors (Lipinski definition) is 2. The molecule has 0 aliphatic rings. The van der Waals surface area contributed by atoms with Crippen molar-refractivity contribution in [1.29, 1.82) is 0 Å². The molecule has 4 nitrogen and oxygen atoms in total. The van der Waals surface area contributed by atoms with E-state index in [1.807, 2.05) is 6.92 Å². The number of nitrogens with zero attached hydrogens (tertiary/aromatic N) is 2. The van der Waals surface area contributed by atoms with Gasteiger partial charge < -0.3 is 11.1 Å². The maximum Gasteiger partial charge on any atom is 0.136 e. The van der Waals surface area contributed by atoms with Crippen LogP contribution in [-0.2, 0) is 6.42 Å². The summed E-state index contributed by atoms with van der Waals surface area (Å²) in [5, 5.41) is 3.01. The molecule has 6 heteroatoms. The largest absolute Gasteiger partial charge is 0.384 e. The number of halogens is 2. The van der Waals surface area contributed by atoms with Gasteiger partial charge in [-0.05, 0) is 34.1 Å². The molecule has 0 aliphatic carbocycles. The van der Waals surface area contributed by atoms with E-state index in [-0.39, 0.29) is 5.82 Å². The van der Waals surface area contributed by atoms with Crippen molar-refractivity contribution in [3.63, 3.8) is 0 Å². The minimum Gasteiger partial charge on any atom is -0.384 e. The Kier molecular flexibility index (Phi) is 3.76. The number of anilines is 3. The number of nitrogen functional groups attached to an aromatic ring is 1. The van der Waals surface area contributed by atoms with Crippen LogP contribution in [0.4, 0.5) is 21.7 Å². The number of benzene rings is 1. The molecule has 3 N–H and O–H groups in total. The van der Waals surface area contributed by atoms with E-state index in [1.165, 1.54) is 12.1 Å². The third-order valence-electron chi connectivity index (χ3n) is 2.30. The first-order valence-electron chi connectivity index (χ1n) is 5.44. The van der Waals surface area contributed by atoms with Crippen LogP contribution in [0.1, 0.15) is 12.7 Å². The molecule has 0 spiro atoms. The van der Waals surface area contributed by atoms with Crippen molar-refractivity contribution >= 4 is 33.3 Å². The summed E-state index contributed by atoms with van der Waals surface area (Å²) in [6.07, 6.45) is 0.685. The predicted octanol–water partition coefficient (Wildman–Crippen LogP) is 3.27. The Hall–Kier alpha value is -1.69. The Morgan fingerprint density at radius 3 is 2.83 bits per heavy atom. The summed E-state index contributed by atoms with van der Waals surface area (Å²) < 4.78 is 13.9. The van der Waals surface area contributed by atoms with Crippen molar-refractivity contribution in [3.05, 3.63) is 40.4 Å². The van der Waals surface area contributed by atoms with Crippen molar-refractivity contribution in [2.75, 3.05) is 11.1 Å². The molecule has 0 amide bonds. The molecular formula is C12H12BrFN4. The number of nitrogens with one attached hydrogen (secondary N) is 1. The van der Waals surface area contributed by atoms with Gasteiger partial charge in [-0.2, -0.15) is 0 Å². The molecule has 94 valence electrons. The van der Waals surface area contributed by atoms with Crippen molar-refractivity contribution in [2.24, 2.45) is 0 Å². The highest BCUT2D eigenvalue weighted by Crippen LogP contribution is 2.26. The summed E-state index contributed by atoms with van der Waals surface area (Å²) in [7, 11) is 0. The first-order chi connectivity index (χ1) is 8.58. The summed E-state index contributed by atoms with van der Waals surface area (Å²) in [5.41, 5.74) is 6.27. The Morgan fingerprint density at radius 1 is 1.33 bits per heavy atom. The van der Waals surface area contributed by atoms with Crippen LogP contribution in [0.15, 0.2) is 28.7 Å². The average Bonchev–Trinajstić information content (AvgIpc) is 2.33. The molecule has 18 heavy (non-hydrogen) atoms. The maximum absolute atomic E-state index is 13.2. The van der Waals surface area contributed by atoms with E-state index in [1.54, 1.807) is 12.1 Å². The first-order valence-corrected chi connectivity index (χ1v) is 6.23. The lowest BCUT2D eigenvalue weighted by atomic mass is 10.3. The number of aryl methyl sites for hydroxylation is 1. The normalized spacial score (nSPS) is 10.4. The molecule has 1 heterocycles. The topological polar surface area (TPSA) is 63.8 Å². The monoisotopic (exact) mass is 310 g/mol. The van der Waals surface area contributed by atoms with E-state index in [4.69, 9.17) is 5.73 Å². The summed E-state index contributed by atoms with van der Waals surface area (Å²) in [6.45, 7) is 1.94. The SMILES string of the molecule is CCc1nc(N)cc(Nc2cc(F)ccc2Br)n1. The Labute approximate surface area is 113 Å². The zero-order valence-corrected chi connectivity index (χ0v) is 11.3. The molecule has 0 saturated heterocycles. The van der Waals surface area contributed by atoms with Gasteiger partial charge in [-0.15, -0.1) is 0 Å². The molecule has 0 bridgehead atoms. The molecule has 0 aliphatic heterocycles. The van der Waals surface area contributed by atoms with E-state index >= 15 is 0 Å². The number of rotatable bonds is 3. The highest BCUT2D eigenvalue weighted by molar-refractivity contribution is 9.10. The molecule has 0 radical (unpaired) electrons.